The highest BCUT2D eigenvalue weighted by Crippen LogP contribution is 2.58. The van der Waals surface area contributed by atoms with Gasteiger partial charge >= 0.3 is 0 Å². The van der Waals surface area contributed by atoms with E-state index in [1.54, 1.807) is 0 Å². The van der Waals surface area contributed by atoms with Crippen molar-refractivity contribution in [1.29, 1.82) is 0 Å². The van der Waals surface area contributed by atoms with Crippen molar-refractivity contribution in [2.75, 3.05) is 17.2 Å². The molecule has 0 unspecified atom stereocenters. The van der Waals surface area contributed by atoms with Crippen LogP contribution in [0, 0.1) is 5.92 Å². The monoisotopic (exact) mass is 331 g/mol. The molecule has 0 aromatic carbocycles. The van der Waals surface area contributed by atoms with E-state index >= 15 is 0 Å². The first kappa shape index (κ1) is 16.1. The molecule has 1 aromatic rings. The number of ether oxygens (including phenoxy) is 1. The zero-order chi connectivity index (χ0) is 16.6. The molecule has 0 amide bonds. The Morgan fingerprint density at radius 3 is 2.58 bits per heavy atom. The Morgan fingerprint density at radius 1 is 1.25 bits per heavy atom. The fourth-order valence-electron chi connectivity index (χ4n) is 4.41. The van der Waals surface area contributed by atoms with Crippen molar-refractivity contribution in [3.8, 4) is 0 Å². The van der Waals surface area contributed by atoms with E-state index in [1.807, 2.05) is 6.20 Å². The molecule has 0 spiro atoms. The summed E-state index contributed by atoms with van der Waals surface area (Å²) in [5.74, 6) is 2.59. The highest BCUT2D eigenvalue weighted by molar-refractivity contribution is 5.51. The molecule has 6 nitrogen and oxygen atoms in total. The Bertz CT molecular complexity index is 568. The minimum absolute atomic E-state index is 0.301. The van der Waals surface area contributed by atoms with Crippen LogP contribution in [0.3, 0.4) is 0 Å². The fourth-order valence-corrected chi connectivity index (χ4v) is 4.41. The molecule has 132 valence electrons. The van der Waals surface area contributed by atoms with E-state index < -0.39 is 0 Å². The van der Waals surface area contributed by atoms with Crippen molar-refractivity contribution in [2.24, 2.45) is 11.7 Å². The van der Waals surface area contributed by atoms with E-state index in [4.69, 9.17) is 15.5 Å². The van der Waals surface area contributed by atoms with Gasteiger partial charge in [-0.15, -0.1) is 0 Å². The topological polar surface area (TPSA) is 85.1 Å². The van der Waals surface area contributed by atoms with Crippen LogP contribution in [0.4, 0.5) is 11.8 Å². The van der Waals surface area contributed by atoms with Crippen LogP contribution in [0.2, 0.25) is 0 Å². The van der Waals surface area contributed by atoms with E-state index in [0.717, 1.165) is 55.5 Å². The van der Waals surface area contributed by atoms with Crippen molar-refractivity contribution in [1.82, 2.24) is 9.97 Å². The lowest BCUT2D eigenvalue weighted by atomic mass is 9.50. The van der Waals surface area contributed by atoms with E-state index in [1.165, 1.54) is 19.3 Å². The van der Waals surface area contributed by atoms with Crippen molar-refractivity contribution in [2.45, 2.75) is 76.1 Å². The predicted octanol–water partition coefficient (Wildman–Crippen LogP) is 2.66. The molecule has 4 aliphatic rings. The third-order valence-corrected chi connectivity index (χ3v) is 5.92. The third-order valence-electron chi connectivity index (χ3n) is 5.92. The van der Waals surface area contributed by atoms with Gasteiger partial charge in [-0.05, 0) is 57.8 Å². The van der Waals surface area contributed by atoms with Gasteiger partial charge in [-0.3, -0.25) is 0 Å². The summed E-state index contributed by atoms with van der Waals surface area (Å²) in [5, 5.41) is 7.16. The van der Waals surface area contributed by atoms with Crippen molar-refractivity contribution < 1.29 is 4.74 Å². The first-order valence-corrected chi connectivity index (χ1v) is 9.42. The summed E-state index contributed by atoms with van der Waals surface area (Å²) < 4.78 is 5.73. The largest absolute Gasteiger partial charge is 0.379 e. The minimum Gasteiger partial charge on any atom is -0.379 e. The Hall–Kier alpha value is -1.40. The fraction of sp³-hybridized carbons (Fsp3) is 0.778. The van der Waals surface area contributed by atoms with Gasteiger partial charge in [0.05, 0.1) is 6.10 Å². The van der Waals surface area contributed by atoms with Crippen LogP contribution in [0.25, 0.3) is 0 Å². The zero-order valence-electron chi connectivity index (χ0n) is 14.6. The maximum Gasteiger partial charge on any atom is 0.224 e. The van der Waals surface area contributed by atoms with E-state index in [0.29, 0.717) is 24.2 Å². The number of rotatable bonds is 7. The molecule has 0 aliphatic heterocycles. The summed E-state index contributed by atoms with van der Waals surface area (Å²) in [4.78, 5) is 9.21. The molecule has 6 heteroatoms. The average Bonchev–Trinajstić information content (AvgIpc) is 2.52. The lowest BCUT2D eigenvalue weighted by Gasteiger charge is -2.62. The highest BCUT2D eigenvalue weighted by Gasteiger charge is 2.56. The summed E-state index contributed by atoms with van der Waals surface area (Å²) in [5.41, 5.74) is 7.17. The molecular formula is C18H29N5O. The van der Waals surface area contributed by atoms with Gasteiger partial charge in [-0.2, -0.15) is 4.98 Å². The Labute approximate surface area is 144 Å². The van der Waals surface area contributed by atoms with E-state index in [2.05, 4.69) is 22.5 Å². The van der Waals surface area contributed by atoms with Crippen LogP contribution < -0.4 is 16.4 Å². The zero-order valence-corrected chi connectivity index (χ0v) is 14.6. The van der Waals surface area contributed by atoms with E-state index in [9.17, 15) is 0 Å². The second-order valence-electron chi connectivity index (χ2n) is 7.73. The van der Waals surface area contributed by atoms with Crippen LogP contribution in [0.1, 0.15) is 57.4 Å². The molecule has 1 aromatic heterocycles. The summed E-state index contributed by atoms with van der Waals surface area (Å²) in [7, 11) is 0. The number of aromatic nitrogens is 2. The van der Waals surface area contributed by atoms with Crippen LogP contribution in [-0.4, -0.2) is 34.3 Å². The molecule has 4 N–H and O–H groups in total. The Kier molecular flexibility index (Phi) is 4.35. The first-order chi connectivity index (χ1) is 11.7. The Balaban J connectivity index is 1.38. The molecule has 1 heterocycles. The van der Waals surface area contributed by atoms with Crippen molar-refractivity contribution in [3.63, 3.8) is 0 Å². The van der Waals surface area contributed by atoms with Crippen LogP contribution in [0.5, 0.6) is 0 Å². The molecule has 4 saturated carbocycles. The standard InChI is InChI=1S/C18H29N5O/c1-2-24-15-5-3-14(4-6-15)21-17-20-11-13(10-19)16(22-17)23-18-7-12(8-18)9-18/h11-12,14-15H,2-10,19H2,1H3,(H2,20,21,22,23)/t12?,14-,15-,18?. The van der Waals surface area contributed by atoms with Gasteiger partial charge in [0.15, 0.2) is 0 Å². The molecule has 0 radical (unpaired) electrons. The molecule has 24 heavy (non-hydrogen) atoms. The quantitative estimate of drug-likeness (QED) is 0.712. The third kappa shape index (κ3) is 3.09. The lowest BCUT2D eigenvalue weighted by molar-refractivity contribution is 0.00174. The summed E-state index contributed by atoms with van der Waals surface area (Å²) in [6.07, 6.45) is 10.6. The summed E-state index contributed by atoms with van der Waals surface area (Å²) >= 11 is 0. The molecule has 4 aliphatic carbocycles. The van der Waals surface area contributed by atoms with Crippen LogP contribution in [0.15, 0.2) is 6.20 Å². The van der Waals surface area contributed by atoms with Gasteiger partial charge in [0.25, 0.3) is 0 Å². The van der Waals surface area contributed by atoms with Gasteiger partial charge in [0.2, 0.25) is 5.95 Å². The summed E-state index contributed by atoms with van der Waals surface area (Å²) in [6, 6.07) is 0.438. The number of hydrogen-bond acceptors (Lipinski definition) is 6. The van der Waals surface area contributed by atoms with Crippen LogP contribution >= 0.6 is 0 Å². The minimum atomic E-state index is 0.301. The average molecular weight is 331 g/mol. The Morgan fingerprint density at radius 2 is 2.00 bits per heavy atom. The molecule has 4 fully saturated rings. The number of anilines is 2. The van der Waals surface area contributed by atoms with Crippen LogP contribution in [-0.2, 0) is 11.3 Å². The van der Waals surface area contributed by atoms with E-state index in [-0.39, 0.29) is 0 Å². The number of nitrogens with zero attached hydrogens (tertiary/aromatic N) is 2. The second kappa shape index (κ2) is 6.48. The number of hydrogen-bond donors (Lipinski definition) is 3. The normalized spacial score (nSPS) is 34.2. The van der Waals surface area contributed by atoms with Crippen molar-refractivity contribution in [3.05, 3.63) is 11.8 Å². The SMILES string of the molecule is CCO[C@H]1CC[C@H](Nc2ncc(CN)c(NC34CC(C3)C4)n2)CC1. The molecule has 0 atom stereocenters. The maximum atomic E-state index is 5.87. The van der Waals surface area contributed by atoms with Gasteiger partial charge in [0, 0.05) is 36.5 Å². The molecule has 0 saturated heterocycles. The van der Waals surface area contributed by atoms with Gasteiger partial charge < -0.3 is 21.1 Å². The van der Waals surface area contributed by atoms with Gasteiger partial charge in [-0.25, -0.2) is 4.98 Å². The van der Waals surface area contributed by atoms with Gasteiger partial charge in [-0.1, -0.05) is 0 Å². The summed E-state index contributed by atoms with van der Waals surface area (Å²) in [6.45, 7) is 3.35. The molecule has 5 rings (SSSR count). The number of nitrogens with two attached hydrogens (primary N) is 1. The lowest BCUT2D eigenvalue weighted by Crippen LogP contribution is -2.63. The van der Waals surface area contributed by atoms with Gasteiger partial charge in [0.1, 0.15) is 5.82 Å². The smallest absolute Gasteiger partial charge is 0.224 e. The first-order valence-electron chi connectivity index (χ1n) is 9.42. The number of nitrogens with one attached hydrogen (secondary N) is 2. The second-order valence-corrected chi connectivity index (χ2v) is 7.73. The molecule has 2 bridgehead atoms. The predicted molar refractivity (Wildman–Crippen MR) is 94.9 cm³/mol. The highest BCUT2D eigenvalue weighted by atomic mass is 16.5. The molecular weight excluding hydrogens is 302 g/mol. The van der Waals surface area contributed by atoms with Crippen molar-refractivity contribution >= 4 is 11.8 Å². The maximum absolute atomic E-state index is 5.87.